The molecule has 0 fully saturated rings. The maximum atomic E-state index is 6.01. The Labute approximate surface area is 111 Å². The zero-order chi connectivity index (χ0) is 12.5. The van der Waals surface area contributed by atoms with E-state index in [0.717, 1.165) is 16.9 Å². The normalized spacial score (nSPS) is 11.0. The van der Waals surface area contributed by atoms with Crippen molar-refractivity contribution in [1.29, 1.82) is 0 Å². The number of hydrogen-bond acceptors (Lipinski definition) is 2. The Kier molecular flexibility index (Phi) is 2.88. The molecule has 0 aliphatic carbocycles. The van der Waals surface area contributed by atoms with Crippen LogP contribution in [0.1, 0.15) is 5.56 Å². The molecule has 1 nitrogen and oxygen atoms in total. The van der Waals surface area contributed by atoms with Gasteiger partial charge in [-0.1, -0.05) is 42.0 Å². The van der Waals surface area contributed by atoms with Gasteiger partial charge >= 0.3 is 0 Å². The van der Waals surface area contributed by atoms with Gasteiger partial charge in [-0.2, -0.15) is 0 Å². The third-order valence-electron chi connectivity index (χ3n) is 3.04. The summed E-state index contributed by atoms with van der Waals surface area (Å²) >= 11 is 1.74. The third kappa shape index (κ3) is 1.83. The highest BCUT2D eigenvalue weighted by atomic mass is 32.2. The molecule has 3 rings (SSSR count). The smallest absolute Gasteiger partial charge is 0.148 e. The van der Waals surface area contributed by atoms with Crippen LogP contribution >= 0.6 is 11.8 Å². The lowest BCUT2D eigenvalue weighted by Gasteiger charge is -1.99. The van der Waals surface area contributed by atoms with Crippen molar-refractivity contribution >= 4 is 22.7 Å². The lowest BCUT2D eigenvalue weighted by atomic mass is 10.1. The molecule has 0 saturated carbocycles. The van der Waals surface area contributed by atoms with Crippen molar-refractivity contribution in [1.82, 2.24) is 0 Å². The zero-order valence-electron chi connectivity index (χ0n) is 10.4. The van der Waals surface area contributed by atoms with Crippen LogP contribution in [0.5, 0.6) is 0 Å². The van der Waals surface area contributed by atoms with E-state index in [1.807, 2.05) is 18.2 Å². The topological polar surface area (TPSA) is 13.1 Å². The van der Waals surface area contributed by atoms with Crippen LogP contribution in [0, 0.1) is 6.92 Å². The summed E-state index contributed by atoms with van der Waals surface area (Å²) in [6, 6.07) is 16.6. The van der Waals surface area contributed by atoms with E-state index < -0.39 is 0 Å². The Balaban J connectivity index is 2.30. The van der Waals surface area contributed by atoms with Gasteiger partial charge in [0.1, 0.15) is 11.3 Å². The minimum absolute atomic E-state index is 0.962. The van der Waals surface area contributed by atoms with Crippen LogP contribution < -0.4 is 0 Å². The van der Waals surface area contributed by atoms with Crippen molar-refractivity contribution in [3.63, 3.8) is 0 Å². The fourth-order valence-electron chi connectivity index (χ4n) is 2.17. The SMILES string of the molecule is CSc1c(-c2ccccc2)oc2ccc(C)cc12. The molecule has 18 heavy (non-hydrogen) atoms. The molecule has 1 aromatic heterocycles. The number of thioether (sulfide) groups is 1. The Hall–Kier alpha value is -1.67. The molecule has 0 atom stereocenters. The van der Waals surface area contributed by atoms with Crippen molar-refractivity contribution in [3.8, 4) is 11.3 Å². The first kappa shape index (κ1) is 11.4. The van der Waals surface area contributed by atoms with Crippen LogP contribution in [0.2, 0.25) is 0 Å². The first-order valence-electron chi connectivity index (χ1n) is 5.92. The van der Waals surface area contributed by atoms with Gasteiger partial charge in [0.2, 0.25) is 0 Å². The van der Waals surface area contributed by atoms with E-state index in [2.05, 4.69) is 43.5 Å². The summed E-state index contributed by atoms with van der Waals surface area (Å²) in [5, 5.41) is 1.21. The number of hydrogen-bond donors (Lipinski definition) is 0. The Morgan fingerprint density at radius 3 is 2.50 bits per heavy atom. The van der Waals surface area contributed by atoms with Gasteiger partial charge in [-0.05, 0) is 25.3 Å². The summed E-state index contributed by atoms with van der Waals surface area (Å²) in [4.78, 5) is 1.22. The van der Waals surface area contributed by atoms with E-state index >= 15 is 0 Å². The maximum Gasteiger partial charge on any atom is 0.148 e. The van der Waals surface area contributed by atoms with Gasteiger partial charge in [-0.15, -0.1) is 11.8 Å². The molecule has 0 aliphatic rings. The Bertz CT molecular complexity index is 683. The molecule has 2 aromatic carbocycles. The van der Waals surface area contributed by atoms with Crippen LogP contribution in [-0.4, -0.2) is 6.26 Å². The molecule has 1 heterocycles. The molecule has 0 radical (unpaired) electrons. The molecule has 0 bridgehead atoms. The standard InChI is InChI=1S/C16H14OS/c1-11-8-9-14-13(10-11)16(18-2)15(17-14)12-6-4-3-5-7-12/h3-10H,1-2H3. The average molecular weight is 254 g/mol. The van der Waals surface area contributed by atoms with Crippen molar-refractivity contribution < 1.29 is 4.42 Å². The fraction of sp³-hybridized carbons (Fsp3) is 0.125. The number of furan rings is 1. The first-order valence-corrected chi connectivity index (χ1v) is 7.14. The summed E-state index contributed by atoms with van der Waals surface area (Å²) in [6.45, 7) is 2.11. The van der Waals surface area contributed by atoms with Gasteiger partial charge in [0.05, 0.1) is 4.90 Å². The van der Waals surface area contributed by atoms with Crippen LogP contribution in [-0.2, 0) is 0 Å². The summed E-state index contributed by atoms with van der Waals surface area (Å²) in [7, 11) is 0. The molecule has 0 aliphatic heterocycles. The Morgan fingerprint density at radius 2 is 1.78 bits per heavy atom. The van der Waals surface area contributed by atoms with Crippen molar-refractivity contribution in [2.24, 2.45) is 0 Å². The highest BCUT2D eigenvalue weighted by Crippen LogP contribution is 2.39. The number of benzene rings is 2. The number of rotatable bonds is 2. The number of fused-ring (bicyclic) bond motifs is 1. The average Bonchev–Trinajstić information content (AvgIpc) is 2.77. The second-order valence-corrected chi connectivity index (χ2v) is 5.15. The molecule has 0 saturated heterocycles. The molecule has 0 unspecified atom stereocenters. The molecule has 3 aromatic rings. The zero-order valence-corrected chi connectivity index (χ0v) is 11.3. The second-order valence-electron chi connectivity index (χ2n) is 4.33. The van der Waals surface area contributed by atoms with Gasteiger partial charge in [0.15, 0.2) is 0 Å². The van der Waals surface area contributed by atoms with Crippen LogP contribution in [0.15, 0.2) is 57.8 Å². The molecule has 2 heteroatoms. The van der Waals surface area contributed by atoms with Gasteiger partial charge in [0.25, 0.3) is 0 Å². The van der Waals surface area contributed by atoms with E-state index in [0.29, 0.717) is 0 Å². The highest BCUT2D eigenvalue weighted by molar-refractivity contribution is 7.99. The monoisotopic (exact) mass is 254 g/mol. The van der Waals surface area contributed by atoms with Gasteiger partial charge < -0.3 is 4.42 Å². The number of aryl methyl sites for hydroxylation is 1. The minimum atomic E-state index is 0.962. The predicted molar refractivity (Wildman–Crippen MR) is 78.2 cm³/mol. The quantitative estimate of drug-likeness (QED) is 0.588. The summed E-state index contributed by atoms with van der Waals surface area (Å²) in [5.41, 5.74) is 3.36. The van der Waals surface area contributed by atoms with Crippen molar-refractivity contribution in [3.05, 3.63) is 54.1 Å². The molecule has 90 valence electrons. The van der Waals surface area contributed by atoms with E-state index in [4.69, 9.17) is 4.42 Å². The van der Waals surface area contributed by atoms with Crippen molar-refractivity contribution in [2.45, 2.75) is 11.8 Å². The molecule has 0 amide bonds. The van der Waals surface area contributed by atoms with Gasteiger partial charge in [-0.25, -0.2) is 0 Å². The predicted octanol–water partition coefficient (Wildman–Crippen LogP) is 5.13. The fourth-order valence-corrected chi connectivity index (χ4v) is 2.90. The summed E-state index contributed by atoms with van der Waals surface area (Å²) in [6.07, 6.45) is 2.10. The Morgan fingerprint density at radius 1 is 1.00 bits per heavy atom. The maximum absolute atomic E-state index is 6.01. The third-order valence-corrected chi connectivity index (χ3v) is 3.85. The molecule has 0 spiro atoms. The molecular weight excluding hydrogens is 240 g/mol. The van der Waals surface area contributed by atoms with Gasteiger partial charge in [-0.3, -0.25) is 0 Å². The molecular formula is C16H14OS. The van der Waals surface area contributed by atoms with E-state index in [1.54, 1.807) is 11.8 Å². The largest absolute Gasteiger partial charge is 0.455 e. The minimum Gasteiger partial charge on any atom is -0.455 e. The second kappa shape index (κ2) is 4.54. The van der Waals surface area contributed by atoms with Crippen LogP contribution in [0.25, 0.3) is 22.3 Å². The van der Waals surface area contributed by atoms with E-state index in [9.17, 15) is 0 Å². The lowest BCUT2D eigenvalue weighted by Crippen LogP contribution is -1.76. The van der Waals surface area contributed by atoms with Crippen LogP contribution in [0.4, 0.5) is 0 Å². The highest BCUT2D eigenvalue weighted by Gasteiger charge is 2.14. The van der Waals surface area contributed by atoms with Gasteiger partial charge in [0, 0.05) is 10.9 Å². The summed E-state index contributed by atoms with van der Waals surface area (Å²) in [5.74, 6) is 0.976. The van der Waals surface area contributed by atoms with E-state index in [1.165, 1.54) is 15.8 Å². The van der Waals surface area contributed by atoms with E-state index in [-0.39, 0.29) is 0 Å². The first-order chi connectivity index (χ1) is 8.79. The molecule has 0 N–H and O–H groups in total. The van der Waals surface area contributed by atoms with Crippen molar-refractivity contribution in [2.75, 3.05) is 6.26 Å². The lowest BCUT2D eigenvalue weighted by molar-refractivity contribution is 0.625. The van der Waals surface area contributed by atoms with Crippen LogP contribution in [0.3, 0.4) is 0 Å². The summed E-state index contributed by atoms with van der Waals surface area (Å²) < 4.78 is 6.01.